The first kappa shape index (κ1) is 16.7. The van der Waals surface area contributed by atoms with Gasteiger partial charge in [0, 0.05) is 11.8 Å². The Kier molecular flexibility index (Phi) is 4.11. The predicted molar refractivity (Wildman–Crippen MR) is 124 cm³/mol. The average Bonchev–Trinajstić information content (AvgIpc) is 2.75. The second kappa shape index (κ2) is 6.91. The maximum absolute atomic E-state index is 5.33. The Hall–Kier alpha value is -3.50. The van der Waals surface area contributed by atoms with Gasteiger partial charge in [-0.3, -0.25) is 10.9 Å². The zero-order chi connectivity index (χ0) is 18.9. The number of benzene rings is 5. The first-order chi connectivity index (χ1) is 13.8. The van der Waals surface area contributed by atoms with Crippen LogP contribution in [-0.4, -0.2) is 11.3 Å². The third kappa shape index (κ3) is 2.94. The van der Waals surface area contributed by atoms with Crippen LogP contribution in [0.5, 0.6) is 0 Å². The van der Waals surface area contributed by atoms with Crippen molar-refractivity contribution in [2.24, 2.45) is 4.99 Å². The predicted octanol–water partition coefficient (Wildman–Crippen LogP) is 5.90. The summed E-state index contributed by atoms with van der Waals surface area (Å²) in [6.45, 7) is 0. The molecule has 0 spiro atoms. The number of para-hydroxylation sites is 1. The summed E-state index contributed by atoms with van der Waals surface area (Å²) in [6, 6.07) is 29.2. The van der Waals surface area contributed by atoms with Crippen molar-refractivity contribution in [1.82, 2.24) is 5.43 Å². The number of nitrogens with one attached hydrogen (secondary N) is 2. The standard InChI is InChI=1S/C24H17N3S/c28-24(27-26-20-7-2-1-3-8-20)25-15-19-12-11-18-10-9-16-5-4-6-17-13-14-21(19)23(18)22(16)17/h1-15,26H,(H,27,28)/b25-15+. The number of anilines is 1. The van der Waals surface area contributed by atoms with Crippen LogP contribution in [0.25, 0.3) is 32.3 Å². The molecule has 134 valence electrons. The van der Waals surface area contributed by atoms with E-state index in [0.717, 1.165) is 11.3 Å². The molecular weight excluding hydrogens is 362 g/mol. The van der Waals surface area contributed by atoms with E-state index in [4.69, 9.17) is 12.2 Å². The Labute approximate surface area is 168 Å². The molecule has 0 saturated carbocycles. The van der Waals surface area contributed by atoms with Gasteiger partial charge in [0.25, 0.3) is 0 Å². The number of hydrazine groups is 1. The molecule has 2 N–H and O–H groups in total. The van der Waals surface area contributed by atoms with E-state index in [-0.39, 0.29) is 0 Å². The minimum absolute atomic E-state index is 0.384. The molecule has 0 heterocycles. The van der Waals surface area contributed by atoms with Crippen LogP contribution in [0.2, 0.25) is 0 Å². The van der Waals surface area contributed by atoms with Crippen molar-refractivity contribution in [2.45, 2.75) is 0 Å². The SMILES string of the molecule is S=C(/N=C/c1ccc2ccc3cccc4ccc1c2c34)NNc1ccccc1. The second-order valence-corrected chi connectivity index (χ2v) is 7.08. The van der Waals surface area contributed by atoms with Gasteiger partial charge in [-0.2, -0.15) is 0 Å². The molecule has 0 unspecified atom stereocenters. The summed E-state index contributed by atoms with van der Waals surface area (Å²) in [5, 5.41) is 7.91. The molecule has 0 aliphatic heterocycles. The molecule has 5 aromatic rings. The van der Waals surface area contributed by atoms with Crippen LogP contribution < -0.4 is 10.9 Å². The Morgan fingerprint density at radius 3 is 2.18 bits per heavy atom. The number of thiocarbonyl (C=S) groups is 1. The van der Waals surface area contributed by atoms with Crippen molar-refractivity contribution in [3.63, 3.8) is 0 Å². The molecule has 28 heavy (non-hydrogen) atoms. The van der Waals surface area contributed by atoms with Crippen LogP contribution in [0, 0.1) is 0 Å². The highest BCUT2D eigenvalue weighted by Crippen LogP contribution is 2.35. The van der Waals surface area contributed by atoms with Gasteiger partial charge >= 0.3 is 0 Å². The fourth-order valence-corrected chi connectivity index (χ4v) is 3.78. The highest BCUT2D eigenvalue weighted by Gasteiger charge is 2.09. The van der Waals surface area contributed by atoms with Crippen molar-refractivity contribution < 1.29 is 0 Å². The van der Waals surface area contributed by atoms with Crippen LogP contribution in [-0.2, 0) is 0 Å². The van der Waals surface area contributed by atoms with Crippen LogP contribution in [0.3, 0.4) is 0 Å². The van der Waals surface area contributed by atoms with Crippen molar-refractivity contribution in [3.8, 4) is 0 Å². The number of nitrogens with zero attached hydrogens (tertiary/aromatic N) is 1. The Balaban J connectivity index is 1.49. The van der Waals surface area contributed by atoms with Crippen LogP contribution >= 0.6 is 12.2 Å². The Morgan fingerprint density at radius 1 is 0.714 bits per heavy atom. The summed E-state index contributed by atoms with van der Waals surface area (Å²) in [5.41, 5.74) is 7.99. The molecule has 0 fully saturated rings. The van der Waals surface area contributed by atoms with E-state index in [1.54, 1.807) is 0 Å². The van der Waals surface area contributed by atoms with E-state index in [0.29, 0.717) is 5.11 Å². The average molecular weight is 379 g/mol. The molecule has 5 rings (SSSR count). The van der Waals surface area contributed by atoms with Crippen LogP contribution in [0.4, 0.5) is 5.69 Å². The zero-order valence-corrected chi connectivity index (χ0v) is 15.8. The van der Waals surface area contributed by atoms with Gasteiger partial charge in [0.05, 0.1) is 5.69 Å². The fraction of sp³-hybridized carbons (Fsp3) is 0. The van der Waals surface area contributed by atoms with Crippen molar-refractivity contribution in [2.75, 3.05) is 5.43 Å². The molecule has 0 radical (unpaired) electrons. The molecule has 0 bridgehead atoms. The summed E-state index contributed by atoms with van der Waals surface area (Å²) < 4.78 is 0. The molecule has 0 amide bonds. The number of hydrogen-bond acceptors (Lipinski definition) is 2. The van der Waals surface area contributed by atoms with E-state index in [1.807, 2.05) is 36.5 Å². The highest BCUT2D eigenvalue weighted by molar-refractivity contribution is 7.80. The first-order valence-corrected chi connectivity index (χ1v) is 9.52. The van der Waals surface area contributed by atoms with Crippen molar-refractivity contribution in [1.29, 1.82) is 0 Å². The third-order valence-corrected chi connectivity index (χ3v) is 5.18. The normalized spacial score (nSPS) is 11.6. The molecule has 4 heteroatoms. The van der Waals surface area contributed by atoms with Gasteiger partial charge in [-0.15, -0.1) is 0 Å². The van der Waals surface area contributed by atoms with Gasteiger partial charge < -0.3 is 0 Å². The molecule has 0 aromatic heterocycles. The summed E-state index contributed by atoms with van der Waals surface area (Å²) in [6.07, 6.45) is 1.83. The maximum Gasteiger partial charge on any atom is 0.211 e. The topological polar surface area (TPSA) is 36.4 Å². The molecular formula is C24H17N3S. The summed E-state index contributed by atoms with van der Waals surface area (Å²) in [5.74, 6) is 0. The molecule has 0 aliphatic rings. The quantitative estimate of drug-likeness (QED) is 0.177. The van der Waals surface area contributed by atoms with E-state index in [2.05, 4.69) is 70.4 Å². The Morgan fingerprint density at radius 2 is 1.39 bits per heavy atom. The van der Waals surface area contributed by atoms with E-state index in [9.17, 15) is 0 Å². The largest absolute Gasteiger partial charge is 0.299 e. The van der Waals surface area contributed by atoms with Crippen LogP contribution in [0.1, 0.15) is 5.56 Å². The van der Waals surface area contributed by atoms with Crippen LogP contribution in [0.15, 0.2) is 89.9 Å². The van der Waals surface area contributed by atoms with Gasteiger partial charge in [0.1, 0.15) is 0 Å². The molecule has 0 saturated heterocycles. The van der Waals surface area contributed by atoms with Gasteiger partial charge in [0.2, 0.25) is 5.11 Å². The van der Waals surface area contributed by atoms with E-state index >= 15 is 0 Å². The molecule has 3 nitrogen and oxygen atoms in total. The van der Waals surface area contributed by atoms with E-state index < -0.39 is 0 Å². The highest BCUT2D eigenvalue weighted by atomic mass is 32.1. The minimum atomic E-state index is 0.384. The van der Waals surface area contributed by atoms with Gasteiger partial charge in [-0.05, 0) is 56.7 Å². The second-order valence-electron chi connectivity index (χ2n) is 6.69. The Bertz CT molecular complexity index is 1310. The number of aliphatic imine (C=N–C) groups is 1. The lowest BCUT2D eigenvalue weighted by atomic mass is 9.92. The van der Waals surface area contributed by atoms with E-state index in [1.165, 1.54) is 32.3 Å². The van der Waals surface area contributed by atoms with Gasteiger partial charge in [0.15, 0.2) is 0 Å². The summed E-state index contributed by atoms with van der Waals surface area (Å²) >= 11 is 5.33. The minimum Gasteiger partial charge on any atom is -0.299 e. The van der Waals surface area contributed by atoms with Gasteiger partial charge in [-0.25, -0.2) is 4.99 Å². The molecule has 0 atom stereocenters. The first-order valence-electron chi connectivity index (χ1n) is 9.11. The number of rotatable bonds is 3. The van der Waals surface area contributed by atoms with Crippen molar-refractivity contribution in [3.05, 3.63) is 90.5 Å². The van der Waals surface area contributed by atoms with Crippen molar-refractivity contribution >= 4 is 61.5 Å². The summed E-state index contributed by atoms with van der Waals surface area (Å²) in [4.78, 5) is 4.42. The van der Waals surface area contributed by atoms with Gasteiger partial charge in [-0.1, -0.05) is 72.8 Å². The smallest absolute Gasteiger partial charge is 0.211 e. The lowest BCUT2D eigenvalue weighted by Crippen LogP contribution is -2.26. The lowest BCUT2D eigenvalue weighted by molar-refractivity contribution is 1.13. The number of hydrogen-bond donors (Lipinski definition) is 2. The third-order valence-electron chi connectivity index (χ3n) is 4.97. The maximum atomic E-state index is 5.33. The molecule has 5 aromatic carbocycles. The fourth-order valence-electron chi connectivity index (χ4n) is 3.68. The monoisotopic (exact) mass is 379 g/mol. The summed E-state index contributed by atoms with van der Waals surface area (Å²) in [7, 11) is 0. The molecule has 0 aliphatic carbocycles. The lowest BCUT2D eigenvalue weighted by Gasteiger charge is -2.12. The zero-order valence-electron chi connectivity index (χ0n) is 15.0.